The van der Waals surface area contributed by atoms with Gasteiger partial charge in [0.25, 0.3) is 0 Å². The molecule has 0 spiro atoms. The van der Waals surface area contributed by atoms with Crippen molar-refractivity contribution in [3.05, 3.63) is 89.5 Å². The maximum absolute atomic E-state index is 11.8. The van der Waals surface area contributed by atoms with Crippen molar-refractivity contribution in [1.29, 1.82) is 0 Å². The molecule has 0 aliphatic heterocycles. The van der Waals surface area contributed by atoms with Crippen LogP contribution >= 0.6 is 0 Å². The van der Waals surface area contributed by atoms with Gasteiger partial charge in [0.2, 0.25) is 11.8 Å². The Kier molecular flexibility index (Phi) is 5.42. The predicted octanol–water partition coefficient (Wildman–Crippen LogP) is 4.44. The van der Waals surface area contributed by atoms with E-state index in [2.05, 4.69) is 4.98 Å². The van der Waals surface area contributed by atoms with E-state index in [0.29, 0.717) is 30.5 Å². The molecule has 1 heterocycles. The number of ether oxygens (including phenoxy) is 2. The number of carbonyl (C=O) groups is 1. The summed E-state index contributed by atoms with van der Waals surface area (Å²) in [5.74, 6) is 0.691. The van der Waals surface area contributed by atoms with E-state index in [4.69, 9.17) is 9.47 Å². The van der Waals surface area contributed by atoms with E-state index in [9.17, 15) is 4.79 Å². The standard InChI is InChI=1S/C21H19NO3/c1-16(23)19-12-20(24-14-17-8-4-2-5-9-17)22-21(13-19)25-15-18-10-6-3-7-11-18/h2-13H,14-15H2,1H3. The quantitative estimate of drug-likeness (QED) is 0.600. The molecule has 0 amide bonds. The van der Waals surface area contributed by atoms with Crippen LogP contribution in [0, 0.1) is 0 Å². The Morgan fingerprint density at radius 3 is 1.64 bits per heavy atom. The Balaban J connectivity index is 1.73. The van der Waals surface area contributed by atoms with Gasteiger partial charge in [0.15, 0.2) is 5.78 Å². The van der Waals surface area contributed by atoms with Crippen LogP contribution < -0.4 is 9.47 Å². The first-order valence-electron chi connectivity index (χ1n) is 8.07. The number of pyridine rings is 1. The summed E-state index contributed by atoms with van der Waals surface area (Å²) in [5.41, 5.74) is 2.58. The zero-order valence-corrected chi connectivity index (χ0v) is 14.0. The van der Waals surface area contributed by atoms with Gasteiger partial charge in [-0.05, 0) is 18.1 Å². The summed E-state index contributed by atoms with van der Waals surface area (Å²) in [6, 6.07) is 22.9. The molecular weight excluding hydrogens is 314 g/mol. The SMILES string of the molecule is CC(=O)c1cc(OCc2ccccc2)nc(OCc2ccccc2)c1. The molecule has 0 radical (unpaired) electrons. The largest absolute Gasteiger partial charge is 0.473 e. The molecule has 0 unspecified atom stereocenters. The molecule has 4 heteroatoms. The van der Waals surface area contributed by atoms with Crippen molar-refractivity contribution in [1.82, 2.24) is 4.98 Å². The van der Waals surface area contributed by atoms with Crippen molar-refractivity contribution in [3.63, 3.8) is 0 Å². The lowest BCUT2D eigenvalue weighted by Gasteiger charge is -2.10. The van der Waals surface area contributed by atoms with Gasteiger partial charge < -0.3 is 9.47 Å². The number of aromatic nitrogens is 1. The molecule has 0 saturated heterocycles. The summed E-state index contributed by atoms with van der Waals surface area (Å²) in [6.07, 6.45) is 0. The minimum Gasteiger partial charge on any atom is -0.473 e. The van der Waals surface area contributed by atoms with E-state index >= 15 is 0 Å². The normalized spacial score (nSPS) is 10.3. The number of carbonyl (C=O) groups excluding carboxylic acids is 1. The number of Topliss-reactive ketones (excluding diaryl/α,β-unsaturated/α-hetero) is 1. The van der Waals surface area contributed by atoms with Gasteiger partial charge in [-0.15, -0.1) is 0 Å². The van der Waals surface area contributed by atoms with Gasteiger partial charge >= 0.3 is 0 Å². The highest BCUT2D eigenvalue weighted by Crippen LogP contribution is 2.20. The van der Waals surface area contributed by atoms with Gasteiger partial charge in [-0.25, -0.2) is 0 Å². The first-order chi connectivity index (χ1) is 12.2. The van der Waals surface area contributed by atoms with Crippen LogP contribution in [-0.2, 0) is 13.2 Å². The minimum absolute atomic E-state index is 0.0588. The number of benzene rings is 2. The summed E-state index contributed by atoms with van der Waals surface area (Å²) in [5, 5.41) is 0. The van der Waals surface area contributed by atoms with E-state index < -0.39 is 0 Å². The lowest BCUT2D eigenvalue weighted by molar-refractivity contribution is 0.101. The van der Waals surface area contributed by atoms with Crippen LogP contribution in [0.1, 0.15) is 28.4 Å². The molecule has 3 aromatic rings. The number of hydrogen-bond donors (Lipinski definition) is 0. The molecule has 0 aliphatic rings. The Morgan fingerprint density at radius 2 is 1.24 bits per heavy atom. The highest BCUT2D eigenvalue weighted by molar-refractivity contribution is 5.94. The monoisotopic (exact) mass is 333 g/mol. The molecule has 2 aromatic carbocycles. The van der Waals surface area contributed by atoms with Crippen LogP contribution in [0.15, 0.2) is 72.8 Å². The van der Waals surface area contributed by atoms with E-state index in [1.807, 2.05) is 60.7 Å². The van der Waals surface area contributed by atoms with Gasteiger partial charge in [-0.3, -0.25) is 4.79 Å². The molecule has 0 bridgehead atoms. The first-order valence-corrected chi connectivity index (χ1v) is 8.07. The zero-order valence-electron chi connectivity index (χ0n) is 14.0. The van der Waals surface area contributed by atoms with Crippen LogP contribution in [-0.4, -0.2) is 10.8 Å². The van der Waals surface area contributed by atoms with Crippen LogP contribution in [0.2, 0.25) is 0 Å². The van der Waals surface area contributed by atoms with Crippen molar-refractivity contribution in [2.24, 2.45) is 0 Å². The fourth-order valence-corrected chi connectivity index (χ4v) is 2.30. The predicted molar refractivity (Wildman–Crippen MR) is 95.8 cm³/mol. The van der Waals surface area contributed by atoms with Crippen molar-refractivity contribution in [2.45, 2.75) is 20.1 Å². The van der Waals surface area contributed by atoms with Gasteiger partial charge in [-0.2, -0.15) is 4.98 Å². The summed E-state index contributed by atoms with van der Waals surface area (Å²) >= 11 is 0. The highest BCUT2D eigenvalue weighted by atomic mass is 16.5. The Hall–Kier alpha value is -3.14. The lowest BCUT2D eigenvalue weighted by Crippen LogP contribution is -2.03. The highest BCUT2D eigenvalue weighted by Gasteiger charge is 2.09. The molecule has 0 saturated carbocycles. The molecule has 0 fully saturated rings. The zero-order chi connectivity index (χ0) is 17.5. The first kappa shape index (κ1) is 16.7. The van der Waals surface area contributed by atoms with Crippen LogP contribution in [0.4, 0.5) is 0 Å². The molecule has 1 aromatic heterocycles. The van der Waals surface area contributed by atoms with E-state index in [1.165, 1.54) is 6.92 Å². The van der Waals surface area contributed by atoms with Crippen molar-refractivity contribution >= 4 is 5.78 Å². The molecule has 0 atom stereocenters. The maximum Gasteiger partial charge on any atom is 0.217 e. The molecule has 25 heavy (non-hydrogen) atoms. The summed E-state index contributed by atoms with van der Waals surface area (Å²) in [7, 11) is 0. The van der Waals surface area contributed by atoms with Crippen molar-refractivity contribution < 1.29 is 14.3 Å². The van der Waals surface area contributed by atoms with Crippen LogP contribution in [0.5, 0.6) is 11.8 Å². The van der Waals surface area contributed by atoms with Gasteiger partial charge in [0.1, 0.15) is 13.2 Å². The third kappa shape index (κ3) is 4.91. The Labute approximate surface area is 147 Å². The van der Waals surface area contributed by atoms with E-state index in [0.717, 1.165) is 11.1 Å². The molecule has 4 nitrogen and oxygen atoms in total. The third-order valence-corrected chi connectivity index (χ3v) is 3.64. The second-order valence-corrected chi connectivity index (χ2v) is 5.64. The average molecular weight is 333 g/mol. The average Bonchev–Trinajstić information content (AvgIpc) is 2.66. The van der Waals surface area contributed by atoms with E-state index in [-0.39, 0.29) is 5.78 Å². The lowest BCUT2D eigenvalue weighted by atomic mass is 10.2. The molecule has 126 valence electrons. The Morgan fingerprint density at radius 1 is 0.800 bits per heavy atom. The molecule has 0 aliphatic carbocycles. The van der Waals surface area contributed by atoms with Crippen molar-refractivity contribution in [2.75, 3.05) is 0 Å². The van der Waals surface area contributed by atoms with Gasteiger partial charge in [0, 0.05) is 17.7 Å². The topological polar surface area (TPSA) is 48.4 Å². The number of hydrogen-bond acceptors (Lipinski definition) is 4. The number of nitrogens with zero attached hydrogens (tertiary/aromatic N) is 1. The third-order valence-electron chi connectivity index (χ3n) is 3.64. The van der Waals surface area contributed by atoms with Gasteiger partial charge in [-0.1, -0.05) is 60.7 Å². The second kappa shape index (κ2) is 8.11. The smallest absolute Gasteiger partial charge is 0.217 e. The van der Waals surface area contributed by atoms with Crippen LogP contribution in [0.3, 0.4) is 0 Å². The molecule has 3 rings (SSSR count). The minimum atomic E-state index is -0.0588. The summed E-state index contributed by atoms with van der Waals surface area (Å²) in [6.45, 7) is 2.28. The van der Waals surface area contributed by atoms with Gasteiger partial charge in [0.05, 0.1) is 0 Å². The summed E-state index contributed by atoms with van der Waals surface area (Å²) < 4.78 is 11.5. The number of ketones is 1. The summed E-state index contributed by atoms with van der Waals surface area (Å²) in [4.78, 5) is 16.1. The van der Waals surface area contributed by atoms with E-state index in [1.54, 1.807) is 12.1 Å². The fourth-order valence-electron chi connectivity index (χ4n) is 2.30. The molecular formula is C21H19NO3. The maximum atomic E-state index is 11.8. The second-order valence-electron chi connectivity index (χ2n) is 5.64. The number of rotatable bonds is 7. The van der Waals surface area contributed by atoms with Crippen LogP contribution in [0.25, 0.3) is 0 Å². The van der Waals surface area contributed by atoms with Crippen molar-refractivity contribution in [3.8, 4) is 11.8 Å². The molecule has 0 N–H and O–H groups in total. The Bertz CT molecular complexity index is 771. The fraction of sp³-hybridized carbons (Fsp3) is 0.143.